The number of rotatable bonds is 13. The molecule has 0 aliphatic rings. The van der Waals surface area contributed by atoms with Gasteiger partial charge in [-0.2, -0.15) is 0 Å². The van der Waals surface area contributed by atoms with Crippen molar-refractivity contribution in [2.75, 3.05) is 5.75 Å². The highest BCUT2D eigenvalue weighted by Crippen LogP contribution is 2.23. The van der Waals surface area contributed by atoms with Crippen LogP contribution >= 0.6 is 11.8 Å². The molecule has 0 spiro atoms. The maximum atomic E-state index is 11.9. The van der Waals surface area contributed by atoms with Crippen LogP contribution in [0.25, 0.3) is 0 Å². The highest BCUT2D eigenvalue weighted by molar-refractivity contribution is 8.13. The van der Waals surface area contributed by atoms with Crippen molar-refractivity contribution in [1.82, 2.24) is 0 Å². The van der Waals surface area contributed by atoms with E-state index in [2.05, 4.69) is 47.6 Å². The zero-order valence-electron chi connectivity index (χ0n) is 17.2. The van der Waals surface area contributed by atoms with Crippen molar-refractivity contribution >= 4 is 16.9 Å². The lowest BCUT2D eigenvalue weighted by molar-refractivity contribution is -0.111. The van der Waals surface area contributed by atoms with Gasteiger partial charge < -0.3 is 0 Å². The van der Waals surface area contributed by atoms with E-state index in [0.29, 0.717) is 10.5 Å². The molecule has 0 aromatic carbocycles. The fourth-order valence-electron chi connectivity index (χ4n) is 2.70. The molecule has 0 bridgehead atoms. The summed E-state index contributed by atoms with van der Waals surface area (Å²) >= 11 is 1.56. The van der Waals surface area contributed by atoms with Crippen LogP contribution in [0.5, 0.6) is 0 Å². The Kier molecular flexibility index (Phi) is 13.8. The first-order chi connectivity index (χ1) is 11.2. The topological polar surface area (TPSA) is 17.1 Å². The first kappa shape index (κ1) is 23.8. The van der Waals surface area contributed by atoms with E-state index in [0.717, 1.165) is 24.5 Å². The number of hydrogen-bond donors (Lipinski definition) is 0. The fourth-order valence-corrected chi connectivity index (χ4v) is 3.74. The average molecular weight is 355 g/mol. The maximum Gasteiger partial charge on any atom is 0.188 e. The summed E-state index contributed by atoms with van der Waals surface area (Å²) in [6, 6.07) is 0. The van der Waals surface area contributed by atoms with Crippen molar-refractivity contribution in [2.45, 2.75) is 106 Å². The Labute approximate surface area is 156 Å². The van der Waals surface area contributed by atoms with Crippen LogP contribution in [0.15, 0.2) is 11.6 Å². The molecule has 142 valence electrons. The van der Waals surface area contributed by atoms with Crippen molar-refractivity contribution in [1.29, 1.82) is 0 Å². The summed E-state index contributed by atoms with van der Waals surface area (Å²) in [6.07, 6.45) is 14.2. The Morgan fingerprint density at radius 3 is 2.25 bits per heavy atom. The van der Waals surface area contributed by atoms with Gasteiger partial charge in [0.05, 0.1) is 0 Å². The Balaban J connectivity index is 3.45. The van der Waals surface area contributed by atoms with Gasteiger partial charge in [0, 0.05) is 12.2 Å². The summed E-state index contributed by atoms with van der Waals surface area (Å²) < 4.78 is 0. The van der Waals surface area contributed by atoms with Crippen LogP contribution < -0.4 is 0 Å². The van der Waals surface area contributed by atoms with Gasteiger partial charge in [0.2, 0.25) is 0 Å². The Hall–Kier alpha value is -0.240. The molecule has 0 aliphatic heterocycles. The predicted molar refractivity (Wildman–Crippen MR) is 112 cm³/mol. The molecule has 0 rings (SSSR count). The van der Waals surface area contributed by atoms with E-state index in [4.69, 9.17) is 0 Å². The minimum atomic E-state index is 0.404. The molecule has 1 unspecified atom stereocenters. The number of thioether (sulfide) groups is 1. The van der Waals surface area contributed by atoms with Gasteiger partial charge in [-0.25, -0.2) is 0 Å². The maximum absolute atomic E-state index is 11.9. The van der Waals surface area contributed by atoms with Crippen molar-refractivity contribution < 1.29 is 4.79 Å². The molecule has 1 nitrogen and oxygen atoms in total. The molecule has 0 aromatic heterocycles. The predicted octanol–water partition coefficient (Wildman–Crippen LogP) is 7.80. The molecule has 0 aromatic rings. The number of unbranched alkanes of at least 4 members (excludes halogenated alkanes) is 4. The first-order valence-corrected chi connectivity index (χ1v) is 11.0. The lowest BCUT2D eigenvalue weighted by atomic mass is 9.89. The van der Waals surface area contributed by atoms with Crippen LogP contribution in [0.2, 0.25) is 0 Å². The third-order valence-electron chi connectivity index (χ3n) is 4.39. The zero-order valence-corrected chi connectivity index (χ0v) is 18.1. The summed E-state index contributed by atoms with van der Waals surface area (Å²) in [7, 11) is 0. The quantitative estimate of drug-likeness (QED) is 0.248. The normalized spacial score (nSPS) is 12.9. The summed E-state index contributed by atoms with van der Waals surface area (Å²) in [6.45, 7) is 13.6. The van der Waals surface area contributed by atoms with Crippen LogP contribution in [0.3, 0.4) is 0 Å². The Morgan fingerprint density at radius 1 is 1.00 bits per heavy atom. The molecule has 0 N–H and O–H groups in total. The van der Waals surface area contributed by atoms with Crippen molar-refractivity contribution in [3.8, 4) is 0 Å². The molecule has 0 amide bonds. The zero-order chi connectivity index (χ0) is 18.4. The van der Waals surface area contributed by atoms with E-state index in [9.17, 15) is 4.79 Å². The van der Waals surface area contributed by atoms with Crippen LogP contribution in [-0.4, -0.2) is 10.9 Å². The van der Waals surface area contributed by atoms with Crippen molar-refractivity contribution in [2.24, 2.45) is 11.3 Å². The lowest BCUT2D eigenvalue weighted by Crippen LogP contribution is -2.03. The largest absolute Gasteiger partial charge is 0.287 e. The minimum absolute atomic E-state index is 0.404. The van der Waals surface area contributed by atoms with Gasteiger partial charge in [-0.15, -0.1) is 0 Å². The van der Waals surface area contributed by atoms with E-state index in [-0.39, 0.29) is 0 Å². The summed E-state index contributed by atoms with van der Waals surface area (Å²) in [5.74, 6) is 1.73. The SMILES string of the molecule is CC(C)=CCCC(C)CCSC(=O)CCCCCCCC(C)(C)C. The standard InChI is InChI=1S/C22H42OS/c1-19(2)13-12-14-20(3)16-18-24-21(23)15-10-8-7-9-11-17-22(4,5)6/h13,20H,7-12,14-18H2,1-6H3. The van der Waals surface area contributed by atoms with Gasteiger partial charge in [0.15, 0.2) is 5.12 Å². The molecule has 0 radical (unpaired) electrons. The molecule has 0 saturated heterocycles. The van der Waals surface area contributed by atoms with Crippen LogP contribution in [0, 0.1) is 11.3 Å². The molecule has 24 heavy (non-hydrogen) atoms. The Bertz CT molecular complexity index is 347. The monoisotopic (exact) mass is 354 g/mol. The molecular formula is C22H42OS. The number of carbonyl (C=O) groups is 1. The summed E-state index contributed by atoms with van der Waals surface area (Å²) in [4.78, 5) is 11.9. The second-order valence-electron chi connectivity index (χ2n) is 8.80. The second kappa shape index (κ2) is 14.0. The molecule has 0 fully saturated rings. The highest BCUT2D eigenvalue weighted by Gasteiger charge is 2.09. The van der Waals surface area contributed by atoms with E-state index in [1.807, 2.05) is 0 Å². The van der Waals surface area contributed by atoms with E-state index in [1.165, 1.54) is 56.9 Å². The molecule has 0 heterocycles. The third-order valence-corrected chi connectivity index (χ3v) is 5.36. The fraction of sp³-hybridized carbons (Fsp3) is 0.864. The Morgan fingerprint density at radius 2 is 1.62 bits per heavy atom. The molecular weight excluding hydrogens is 312 g/mol. The van der Waals surface area contributed by atoms with E-state index >= 15 is 0 Å². The first-order valence-electron chi connectivity index (χ1n) is 9.99. The van der Waals surface area contributed by atoms with Crippen molar-refractivity contribution in [3.63, 3.8) is 0 Å². The van der Waals surface area contributed by atoms with Crippen molar-refractivity contribution in [3.05, 3.63) is 11.6 Å². The lowest BCUT2D eigenvalue weighted by Gasteiger charge is -2.17. The van der Waals surface area contributed by atoms with Crippen LogP contribution in [0.4, 0.5) is 0 Å². The van der Waals surface area contributed by atoms with Gasteiger partial charge in [-0.3, -0.25) is 4.79 Å². The number of allylic oxidation sites excluding steroid dienone is 2. The average Bonchev–Trinajstić information content (AvgIpc) is 2.44. The minimum Gasteiger partial charge on any atom is -0.287 e. The number of carbonyl (C=O) groups excluding carboxylic acids is 1. The van der Waals surface area contributed by atoms with Gasteiger partial charge in [0.25, 0.3) is 0 Å². The molecule has 2 heteroatoms. The summed E-state index contributed by atoms with van der Waals surface area (Å²) in [5, 5.41) is 0.404. The van der Waals surface area contributed by atoms with Crippen LogP contribution in [0.1, 0.15) is 106 Å². The number of hydrogen-bond acceptors (Lipinski definition) is 2. The van der Waals surface area contributed by atoms with Gasteiger partial charge in [0.1, 0.15) is 0 Å². The van der Waals surface area contributed by atoms with E-state index < -0.39 is 0 Å². The summed E-state index contributed by atoms with van der Waals surface area (Å²) in [5.41, 5.74) is 1.88. The third kappa shape index (κ3) is 18.1. The van der Waals surface area contributed by atoms with Gasteiger partial charge >= 0.3 is 0 Å². The smallest absolute Gasteiger partial charge is 0.188 e. The molecule has 1 atom stereocenters. The van der Waals surface area contributed by atoms with E-state index in [1.54, 1.807) is 11.8 Å². The van der Waals surface area contributed by atoms with Crippen LogP contribution in [-0.2, 0) is 4.79 Å². The second-order valence-corrected chi connectivity index (χ2v) is 9.95. The van der Waals surface area contributed by atoms with Gasteiger partial charge in [-0.1, -0.05) is 76.8 Å². The highest BCUT2D eigenvalue weighted by atomic mass is 32.2. The van der Waals surface area contributed by atoms with Gasteiger partial charge in [-0.05, 0) is 57.3 Å². The molecule has 0 aliphatic carbocycles. The molecule has 0 saturated carbocycles.